The van der Waals surface area contributed by atoms with E-state index in [2.05, 4.69) is 25.6 Å². The van der Waals surface area contributed by atoms with Crippen molar-refractivity contribution in [2.24, 2.45) is 0 Å². The summed E-state index contributed by atoms with van der Waals surface area (Å²) < 4.78 is 12.0. The molecule has 0 bridgehead atoms. The second-order valence-electron chi connectivity index (χ2n) is 6.77. The topological polar surface area (TPSA) is 59.7 Å². The Labute approximate surface area is 172 Å². The minimum absolute atomic E-state index is 0.0612. The van der Waals surface area contributed by atoms with E-state index in [1.54, 1.807) is 12.1 Å². The predicted octanol–water partition coefficient (Wildman–Crippen LogP) is 6.65. The molecule has 4 heteroatoms. The average molecular weight is 395 g/mol. The van der Waals surface area contributed by atoms with Gasteiger partial charge in [0.05, 0.1) is 6.42 Å². The van der Waals surface area contributed by atoms with Crippen LogP contribution in [0.5, 0.6) is 5.75 Å². The van der Waals surface area contributed by atoms with Gasteiger partial charge in [0.2, 0.25) is 0 Å². The Balaban J connectivity index is 0.00000145. The molecule has 0 spiro atoms. The van der Waals surface area contributed by atoms with Crippen LogP contribution >= 0.6 is 0 Å². The van der Waals surface area contributed by atoms with Gasteiger partial charge in [-0.1, -0.05) is 45.5 Å². The number of hydrogen-bond acceptors (Lipinski definition) is 3. The Morgan fingerprint density at radius 1 is 1.17 bits per heavy atom. The maximum atomic E-state index is 11.0. The first-order valence-corrected chi connectivity index (χ1v) is 10.1. The molecule has 1 heterocycles. The number of carbonyl (C=O) groups is 1. The van der Waals surface area contributed by atoms with Crippen molar-refractivity contribution in [1.82, 2.24) is 0 Å². The highest BCUT2D eigenvalue weighted by Crippen LogP contribution is 2.30. The maximum absolute atomic E-state index is 11.0. The smallest absolute Gasteiger partial charge is 0.307 e. The zero-order chi connectivity index (χ0) is 21.4. The zero-order valence-electron chi connectivity index (χ0n) is 17.7. The summed E-state index contributed by atoms with van der Waals surface area (Å²) in [5.74, 6) is 0.689. The molecule has 1 N–H and O–H groups in total. The minimum atomic E-state index is -0.876. The average Bonchev–Trinajstić information content (AvgIpc) is 3.10. The van der Waals surface area contributed by atoms with Crippen LogP contribution in [-0.4, -0.2) is 11.1 Å². The van der Waals surface area contributed by atoms with Gasteiger partial charge in [-0.05, 0) is 48.7 Å². The molecular formula is C25H30O4. The molecule has 0 aliphatic rings. The molecule has 29 heavy (non-hydrogen) atoms. The summed E-state index contributed by atoms with van der Waals surface area (Å²) in [5.41, 5.74) is 4.44. The van der Waals surface area contributed by atoms with E-state index < -0.39 is 5.97 Å². The van der Waals surface area contributed by atoms with Crippen molar-refractivity contribution < 1.29 is 19.1 Å². The molecule has 0 amide bonds. The first kappa shape index (κ1) is 22.3. The highest BCUT2D eigenvalue weighted by Gasteiger charge is 2.13. The minimum Gasteiger partial charge on any atom is -0.489 e. The molecule has 0 radical (unpaired) electrons. The number of benzene rings is 2. The van der Waals surface area contributed by atoms with E-state index in [4.69, 9.17) is 14.3 Å². The van der Waals surface area contributed by atoms with Crippen LogP contribution in [0.2, 0.25) is 0 Å². The highest BCUT2D eigenvalue weighted by molar-refractivity contribution is 5.90. The standard InChI is InChI=1S/C23H24O4.C2H6/c1-4-7-19-12-18-10-16(11-20(15(2)3)23(18)27-19)14-26-21-9-6-5-8-17(21)13-22(24)25;1-2/h5-6,8-12H,2,4,7,13-14H2,1,3H3,(H,24,25);1-2H3. The van der Waals surface area contributed by atoms with Crippen molar-refractivity contribution in [3.63, 3.8) is 0 Å². The summed E-state index contributed by atoms with van der Waals surface area (Å²) in [5, 5.41) is 10.1. The van der Waals surface area contributed by atoms with Crippen LogP contribution in [0.15, 0.2) is 53.5 Å². The van der Waals surface area contributed by atoms with Gasteiger partial charge in [-0.3, -0.25) is 4.79 Å². The molecule has 3 rings (SSSR count). The second-order valence-corrected chi connectivity index (χ2v) is 6.77. The molecule has 0 atom stereocenters. The number of allylic oxidation sites excluding steroid dienone is 1. The Kier molecular flexibility index (Phi) is 8.08. The summed E-state index contributed by atoms with van der Waals surface area (Å²) >= 11 is 0. The van der Waals surface area contributed by atoms with Crippen LogP contribution in [0.25, 0.3) is 16.5 Å². The Bertz CT molecular complexity index is 982. The summed E-state index contributed by atoms with van der Waals surface area (Å²) in [4.78, 5) is 11.0. The maximum Gasteiger partial charge on any atom is 0.307 e. The van der Waals surface area contributed by atoms with Gasteiger partial charge in [-0.25, -0.2) is 0 Å². The third-order valence-electron chi connectivity index (χ3n) is 4.39. The number of furan rings is 1. The van der Waals surface area contributed by atoms with Gasteiger partial charge in [0.15, 0.2) is 0 Å². The Hall–Kier alpha value is -3.01. The van der Waals surface area contributed by atoms with Gasteiger partial charge < -0.3 is 14.3 Å². The largest absolute Gasteiger partial charge is 0.489 e. The number of rotatable bonds is 8. The first-order chi connectivity index (χ1) is 14.0. The Morgan fingerprint density at radius 2 is 1.90 bits per heavy atom. The van der Waals surface area contributed by atoms with Gasteiger partial charge in [0.25, 0.3) is 0 Å². The lowest BCUT2D eigenvalue weighted by molar-refractivity contribution is -0.136. The molecular weight excluding hydrogens is 364 g/mol. The number of carboxylic acids is 1. The summed E-state index contributed by atoms with van der Waals surface area (Å²) in [6.07, 6.45) is 1.87. The van der Waals surface area contributed by atoms with Crippen molar-refractivity contribution in [3.8, 4) is 5.75 Å². The fourth-order valence-corrected chi connectivity index (χ4v) is 3.15. The summed E-state index contributed by atoms with van der Waals surface area (Å²) in [6, 6.07) is 13.4. The number of carboxylic acid groups (broad SMARTS) is 1. The lowest BCUT2D eigenvalue weighted by atomic mass is 10.0. The van der Waals surface area contributed by atoms with E-state index in [-0.39, 0.29) is 6.42 Å². The SMILES string of the molecule is C=C(C)c1cc(COc2ccccc2CC(=O)O)cc2cc(CCC)oc12.CC. The predicted molar refractivity (Wildman–Crippen MR) is 118 cm³/mol. The van der Waals surface area contributed by atoms with Crippen LogP contribution in [0.1, 0.15) is 56.6 Å². The van der Waals surface area contributed by atoms with Crippen molar-refractivity contribution in [2.75, 3.05) is 0 Å². The number of fused-ring (bicyclic) bond motifs is 1. The van der Waals surface area contributed by atoms with Crippen LogP contribution < -0.4 is 4.74 Å². The van der Waals surface area contributed by atoms with Gasteiger partial charge in [-0.15, -0.1) is 0 Å². The van der Waals surface area contributed by atoms with E-state index in [9.17, 15) is 4.79 Å². The fraction of sp³-hybridized carbons (Fsp3) is 0.320. The van der Waals surface area contributed by atoms with E-state index >= 15 is 0 Å². The molecule has 4 nitrogen and oxygen atoms in total. The van der Waals surface area contributed by atoms with E-state index in [0.29, 0.717) is 17.9 Å². The molecule has 0 aliphatic heterocycles. The third-order valence-corrected chi connectivity index (χ3v) is 4.39. The van der Waals surface area contributed by atoms with E-state index in [1.807, 2.05) is 39.0 Å². The molecule has 0 fully saturated rings. The van der Waals surface area contributed by atoms with Crippen LogP contribution in [0.4, 0.5) is 0 Å². The van der Waals surface area contributed by atoms with Gasteiger partial charge in [0, 0.05) is 22.9 Å². The molecule has 0 saturated heterocycles. The molecule has 154 valence electrons. The number of para-hydroxylation sites is 1. The second kappa shape index (κ2) is 10.5. The monoisotopic (exact) mass is 394 g/mol. The van der Waals surface area contributed by atoms with Crippen molar-refractivity contribution in [2.45, 2.75) is 53.6 Å². The highest BCUT2D eigenvalue weighted by atomic mass is 16.5. The van der Waals surface area contributed by atoms with Crippen LogP contribution in [0.3, 0.4) is 0 Å². The molecule has 1 aromatic heterocycles. The number of aryl methyl sites for hydroxylation is 1. The van der Waals surface area contributed by atoms with Crippen LogP contribution in [0, 0.1) is 0 Å². The summed E-state index contributed by atoms with van der Waals surface area (Å²) in [6.45, 7) is 12.5. The van der Waals surface area contributed by atoms with Gasteiger partial charge >= 0.3 is 5.97 Å². The number of ether oxygens (including phenoxy) is 1. The van der Waals surface area contributed by atoms with Crippen molar-refractivity contribution >= 4 is 22.5 Å². The Morgan fingerprint density at radius 3 is 2.55 bits per heavy atom. The van der Waals surface area contributed by atoms with Crippen molar-refractivity contribution in [1.29, 1.82) is 0 Å². The first-order valence-electron chi connectivity index (χ1n) is 10.1. The lowest BCUT2D eigenvalue weighted by Gasteiger charge is -2.12. The van der Waals surface area contributed by atoms with Crippen molar-refractivity contribution in [3.05, 3.63) is 71.5 Å². The van der Waals surface area contributed by atoms with Crippen LogP contribution in [-0.2, 0) is 24.2 Å². The number of aliphatic carboxylic acids is 1. The zero-order valence-corrected chi connectivity index (χ0v) is 17.7. The summed E-state index contributed by atoms with van der Waals surface area (Å²) in [7, 11) is 0. The normalized spacial score (nSPS) is 10.3. The van der Waals surface area contributed by atoms with E-state index in [1.165, 1.54) is 0 Å². The lowest BCUT2D eigenvalue weighted by Crippen LogP contribution is -2.04. The quantitative estimate of drug-likeness (QED) is 0.464. The molecule has 0 unspecified atom stereocenters. The fourth-order valence-electron chi connectivity index (χ4n) is 3.15. The van der Waals surface area contributed by atoms with E-state index in [0.717, 1.165) is 46.3 Å². The molecule has 0 aliphatic carbocycles. The van der Waals surface area contributed by atoms with Gasteiger partial charge in [-0.2, -0.15) is 0 Å². The van der Waals surface area contributed by atoms with Gasteiger partial charge in [0.1, 0.15) is 23.7 Å². The molecule has 2 aromatic carbocycles. The molecule has 3 aromatic rings. The third kappa shape index (κ3) is 5.74. The number of hydrogen-bond donors (Lipinski definition) is 1. The molecule has 0 saturated carbocycles.